The molecule has 0 spiro atoms. The van der Waals surface area contributed by atoms with Gasteiger partial charge in [0.15, 0.2) is 33.6 Å². The first-order valence-electron chi connectivity index (χ1n) is 23.3. The lowest BCUT2D eigenvalue weighted by atomic mass is 9.82. The Morgan fingerprint density at radius 1 is 0.821 bits per heavy atom. The number of imidazole rings is 1. The molecule has 0 saturated carbocycles. The molecule has 4 atom stereocenters. The van der Waals surface area contributed by atoms with Crippen molar-refractivity contribution in [2.75, 3.05) is 33.3 Å². The van der Waals surface area contributed by atoms with Gasteiger partial charge in [0.1, 0.15) is 47.4 Å². The van der Waals surface area contributed by atoms with Crippen molar-refractivity contribution in [3.8, 4) is 28.7 Å². The van der Waals surface area contributed by atoms with Crippen LogP contribution in [0, 0.1) is 5.41 Å². The van der Waals surface area contributed by atoms with Gasteiger partial charge >= 0.3 is 11.9 Å². The molecular formula is C50H71N5O10Si2. The number of fused-ring (bicyclic) bond motifs is 4. The number of carbonyl (C=O) groups is 2. The Hall–Kier alpha value is -4.82. The van der Waals surface area contributed by atoms with Crippen LogP contribution in [0.1, 0.15) is 112 Å². The number of esters is 2. The summed E-state index contributed by atoms with van der Waals surface area (Å²) in [7, 11) is 0.381. The molecule has 1 aliphatic heterocycles. The minimum Gasteiger partial charge on any atom is -0.496 e. The lowest BCUT2D eigenvalue weighted by Crippen LogP contribution is -2.48. The maximum absolute atomic E-state index is 14.0. The third-order valence-corrected chi connectivity index (χ3v) is 23.3. The van der Waals surface area contributed by atoms with E-state index in [4.69, 9.17) is 52.2 Å². The summed E-state index contributed by atoms with van der Waals surface area (Å²) in [5, 5.41) is 5.81. The molecule has 2 aliphatic rings. The Kier molecular flexibility index (Phi) is 13.6. The van der Waals surface area contributed by atoms with Crippen LogP contribution in [0.25, 0.3) is 32.7 Å². The van der Waals surface area contributed by atoms with Gasteiger partial charge in [-0.05, 0) is 82.4 Å². The molecule has 1 N–H and O–H groups in total. The van der Waals surface area contributed by atoms with Crippen molar-refractivity contribution >= 4 is 67.1 Å². The van der Waals surface area contributed by atoms with Crippen molar-refractivity contribution in [1.82, 2.24) is 19.5 Å². The van der Waals surface area contributed by atoms with E-state index in [0.29, 0.717) is 105 Å². The van der Waals surface area contributed by atoms with Gasteiger partial charge in [-0.3, -0.25) is 14.2 Å². The van der Waals surface area contributed by atoms with Crippen molar-refractivity contribution < 1.29 is 46.9 Å². The Morgan fingerprint density at radius 2 is 1.49 bits per heavy atom. The van der Waals surface area contributed by atoms with Gasteiger partial charge in [-0.1, -0.05) is 53.7 Å². The number of nitrogens with one attached hydrogen (secondary N) is 1. The third kappa shape index (κ3) is 9.38. The number of aromatic nitrogens is 4. The molecule has 17 heteroatoms. The summed E-state index contributed by atoms with van der Waals surface area (Å²) in [5.41, 5.74) is 1.58. The first-order chi connectivity index (χ1) is 31.2. The smallest absolute Gasteiger partial charge is 0.316 e. The van der Waals surface area contributed by atoms with E-state index in [1.165, 1.54) is 13.3 Å². The molecule has 0 unspecified atom stereocenters. The second-order valence-corrected chi connectivity index (χ2v) is 31.5. The van der Waals surface area contributed by atoms with Crippen molar-refractivity contribution in [3.63, 3.8) is 0 Å². The molecule has 67 heavy (non-hydrogen) atoms. The van der Waals surface area contributed by atoms with E-state index in [1.54, 1.807) is 48.4 Å². The first kappa shape index (κ1) is 50.1. The average molecular weight is 958 g/mol. The number of benzene rings is 3. The zero-order valence-electron chi connectivity index (χ0n) is 42.6. The molecule has 364 valence electrons. The van der Waals surface area contributed by atoms with Crippen LogP contribution in [0.15, 0.2) is 30.9 Å². The van der Waals surface area contributed by atoms with E-state index >= 15 is 0 Å². The largest absolute Gasteiger partial charge is 0.496 e. The predicted molar refractivity (Wildman–Crippen MR) is 266 cm³/mol. The fraction of sp³-hybridized carbons (Fsp3) is 0.580. The van der Waals surface area contributed by atoms with Gasteiger partial charge in [0.25, 0.3) is 0 Å². The lowest BCUT2D eigenvalue weighted by molar-refractivity contribution is -0.143. The highest BCUT2D eigenvalue weighted by Gasteiger charge is 2.47. The number of rotatable bonds is 13. The SMILES string of the molecule is COc1cccc2c(OC)c3c(OC(=O)C(C)(C)C)c4c(c(OC(C)=O)c3c(OC)c12)[C@@H](Nc1ncnc2c1ncn2[C@H]1C[C@H](O[Si](C)(C)C(C)(C)C)[C@@H](CO[Si](C)(C)C(C)(C)C)O1)CCC4. The number of carbonyl (C=O) groups excluding carboxylic acids is 2. The molecule has 0 radical (unpaired) electrons. The molecule has 7 rings (SSSR count). The Balaban J connectivity index is 1.36. The van der Waals surface area contributed by atoms with Crippen molar-refractivity contribution in [1.29, 1.82) is 0 Å². The first-order valence-corrected chi connectivity index (χ1v) is 29.1. The second-order valence-electron chi connectivity index (χ2n) is 22.0. The highest BCUT2D eigenvalue weighted by molar-refractivity contribution is 6.74. The molecule has 2 aromatic heterocycles. The summed E-state index contributed by atoms with van der Waals surface area (Å²) in [5.74, 6) is 1.34. The quantitative estimate of drug-likeness (QED) is 0.0513. The van der Waals surface area contributed by atoms with Gasteiger partial charge in [-0.15, -0.1) is 0 Å². The molecule has 1 saturated heterocycles. The van der Waals surface area contributed by atoms with Gasteiger partial charge in [-0.2, -0.15) is 0 Å². The minimum absolute atomic E-state index is 0.00235. The van der Waals surface area contributed by atoms with Crippen LogP contribution < -0.4 is 29.0 Å². The highest BCUT2D eigenvalue weighted by Crippen LogP contribution is 2.58. The van der Waals surface area contributed by atoms with E-state index in [2.05, 4.69) is 73.0 Å². The topological polar surface area (TPSA) is 164 Å². The maximum atomic E-state index is 14.0. The average Bonchev–Trinajstić information content (AvgIpc) is 3.85. The summed E-state index contributed by atoms with van der Waals surface area (Å²) in [6.45, 7) is 29.7. The maximum Gasteiger partial charge on any atom is 0.316 e. The van der Waals surface area contributed by atoms with Crippen molar-refractivity contribution in [3.05, 3.63) is 42.0 Å². The van der Waals surface area contributed by atoms with Crippen molar-refractivity contribution in [2.45, 2.75) is 156 Å². The number of nitrogens with zero attached hydrogens (tertiary/aromatic N) is 4. The highest BCUT2D eigenvalue weighted by atomic mass is 28.4. The van der Waals surface area contributed by atoms with Gasteiger partial charge in [0.2, 0.25) is 0 Å². The summed E-state index contributed by atoms with van der Waals surface area (Å²) in [6, 6.07) is 5.06. The van der Waals surface area contributed by atoms with Crippen LogP contribution in [0.3, 0.4) is 0 Å². The second kappa shape index (κ2) is 18.3. The molecule has 5 aromatic rings. The van der Waals surface area contributed by atoms with Crippen LogP contribution in [0.5, 0.6) is 28.7 Å². The Bertz CT molecular complexity index is 2700. The van der Waals surface area contributed by atoms with Gasteiger partial charge in [0, 0.05) is 29.9 Å². The van der Waals surface area contributed by atoms with E-state index in [0.717, 1.165) is 0 Å². The number of hydrogen-bond acceptors (Lipinski definition) is 14. The summed E-state index contributed by atoms with van der Waals surface area (Å²) in [4.78, 5) is 41.7. The van der Waals surface area contributed by atoms with Crippen molar-refractivity contribution in [2.24, 2.45) is 5.41 Å². The van der Waals surface area contributed by atoms with Crippen LogP contribution in [-0.4, -0.2) is 88.2 Å². The Morgan fingerprint density at radius 3 is 2.10 bits per heavy atom. The molecule has 3 heterocycles. The van der Waals surface area contributed by atoms with Crippen LogP contribution in [-0.2, 0) is 29.6 Å². The molecule has 3 aromatic carbocycles. The molecule has 0 amide bonds. The summed E-state index contributed by atoms with van der Waals surface area (Å²) < 4.78 is 53.8. The Labute approximate surface area is 397 Å². The number of hydrogen-bond donors (Lipinski definition) is 1. The van der Waals surface area contributed by atoms with E-state index in [9.17, 15) is 9.59 Å². The normalized spacial score (nSPS) is 19.4. The summed E-state index contributed by atoms with van der Waals surface area (Å²) >= 11 is 0. The van der Waals surface area contributed by atoms with Gasteiger partial charge < -0.3 is 42.6 Å². The third-order valence-electron chi connectivity index (χ3n) is 14.3. The van der Waals surface area contributed by atoms with Crippen LogP contribution in [0.4, 0.5) is 5.82 Å². The van der Waals surface area contributed by atoms with Gasteiger partial charge in [-0.25, -0.2) is 15.0 Å². The fourth-order valence-corrected chi connectivity index (χ4v) is 10.9. The number of methoxy groups -OCH3 is 3. The zero-order chi connectivity index (χ0) is 49.2. The summed E-state index contributed by atoms with van der Waals surface area (Å²) in [6.07, 6.45) is 4.74. The van der Waals surface area contributed by atoms with Crippen LogP contribution >= 0.6 is 0 Å². The van der Waals surface area contributed by atoms with E-state index in [1.807, 2.05) is 22.8 Å². The van der Waals surface area contributed by atoms with Crippen LogP contribution in [0.2, 0.25) is 36.3 Å². The number of ether oxygens (including phenoxy) is 6. The fourth-order valence-electron chi connectivity index (χ4n) is 8.54. The molecule has 1 fully saturated rings. The molecular weight excluding hydrogens is 887 g/mol. The molecule has 0 bridgehead atoms. The van der Waals surface area contributed by atoms with E-state index < -0.39 is 46.3 Å². The van der Waals surface area contributed by atoms with Gasteiger partial charge in [0.05, 0.1) is 68.0 Å². The monoisotopic (exact) mass is 957 g/mol. The minimum atomic E-state index is -2.20. The molecule has 1 aliphatic carbocycles. The predicted octanol–water partition coefficient (Wildman–Crippen LogP) is 11.2. The molecule has 15 nitrogen and oxygen atoms in total. The zero-order valence-corrected chi connectivity index (χ0v) is 44.6. The standard InChI is InChI=1S/C50H71N5O10Si2/c1-28(56)62-44-36-29(42(64-47(57)48(2,3)4)38-39(44)43(60-13)37-30(41(38)59-12)21-19-23-32(37)58-11)20-18-22-31(36)54-45-40-46(52-26-51-45)55(27-53-40)35-24-33(65-67(16,17)50(8,9)10)34(63-35)25-61-66(14,15)49(5,6)7/h19,21,23,26-27,31,33-35H,18,20,22,24-25H2,1-17H3,(H,51,52,54)/t31-,33-,34+,35+/m0/s1. The van der Waals surface area contributed by atoms with E-state index in [-0.39, 0.29) is 28.0 Å². The lowest BCUT2D eigenvalue weighted by Gasteiger charge is -2.40. The number of anilines is 1.